The van der Waals surface area contributed by atoms with Crippen molar-refractivity contribution in [3.8, 4) is 33.4 Å². The summed E-state index contributed by atoms with van der Waals surface area (Å²) in [6.45, 7) is 19.1. The highest BCUT2D eigenvalue weighted by molar-refractivity contribution is 7.26. The van der Waals surface area contributed by atoms with Gasteiger partial charge >= 0.3 is 0 Å². The summed E-state index contributed by atoms with van der Waals surface area (Å²) in [5, 5.41) is 2.76. The number of rotatable bonds is 6. The van der Waals surface area contributed by atoms with Crippen molar-refractivity contribution >= 4 is 48.6 Å². The van der Waals surface area contributed by atoms with E-state index in [4.69, 9.17) is 0 Å². The molecule has 332 valence electrons. The first-order valence-electron chi connectivity index (χ1n) is 24.3. The highest BCUT2D eigenvalue weighted by Crippen LogP contribution is 2.60. The maximum absolute atomic E-state index is 2.56. The molecular formula is C66H57NS. The van der Waals surface area contributed by atoms with Gasteiger partial charge in [-0.1, -0.05) is 213 Å². The van der Waals surface area contributed by atoms with Crippen molar-refractivity contribution in [2.75, 3.05) is 4.90 Å². The molecule has 10 aromatic rings. The van der Waals surface area contributed by atoms with Crippen molar-refractivity contribution in [2.24, 2.45) is 0 Å². The molecular weight excluding hydrogens is 839 g/mol. The number of fused-ring (bicyclic) bond motifs is 10. The number of hydrogen-bond acceptors (Lipinski definition) is 2. The summed E-state index contributed by atoms with van der Waals surface area (Å²) in [5.74, 6) is 0. The second kappa shape index (κ2) is 15.3. The summed E-state index contributed by atoms with van der Waals surface area (Å²) in [6, 6.07) is 75.7. The van der Waals surface area contributed by atoms with Crippen molar-refractivity contribution in [3.63, 3.8) is 0 Å². The zero-order chi connectivity index (χ0) is 46.7. The third kappa shape index (κ3) is 6.26. The van der Waals surface area contributed by atoms with Gasteiger partial charge in [0, 0.05) is 42.5 Å². The number of thiophene rings is 1. The van der Waals surface area contributed by atoms with Crippen molar-refractivity contribution in [1.82, 2.24) is 0 Å². The smallest absolute Gasteiger partial charge is 0.0714 e. The van der Waals surface area contributed by atoms with Crippen LogP contribution in [-0.2, 0) is 21.7 Å². The molecule has 0 saturated carbocycles. The molecule has 0 fully saturated rings. The fourth-order valence-electron chi connectivity index (χ4n) is 11.8. The second-order valence-corrected chi connectivity index (χ2v) is 22.7. The lowest BCUT2D eigenvalue weighted by molar-refractivity contribution is 0.573. The Bertz CT molecular complexity index is 3550. The average Bonchev–Trinajstić information content (AvgIpc) is 3.96. The first kappa shape index (κ1) is 42.4. The van der Waals surface area contributed by atoms with Crippen LogP contribution in [0.1, 0.15) is 99.9 Å². The van der Waals surface area contributed by atoms with Gasteiger partial charge in [0.2, 0.25) is 0 Å². The Balaban J connectivity index is 1.16. The predicted octanol–water partition coefficient (Wildman–Crippen LogP) is 18.5. The zero-order valence-electron chi connectivity index (χ0n) is 40.4. The average molecular weight is 896 g/mol. The van der Waals surface area contributed by atoms with E-state index in [1.54, 1.807) is 0 Å². The molecule has 2 aliphatic rings. The Morgan fingerprint density at radius 2 is 1.01 bits per heavy atom. The van der Waals surface area contributed by atoms with E-state index >= 15 is 0 Å². The summed E-state index contributed by atoms with van der Waals surface area (Å²) in [5.41, 5.74) is 21.1. The molecule has 0 amide bonds. The molecule has 0 spiro atoms. The van der Waals surface area contributed by atoms with Gasteiger partial charge in [-0.2, -0.15) is 0 Å². The lowest BCUT2D eigenvalue weighted by Crippen LogP contribution is -2.28. The van der Waals surface area contributed by atoms with Gasteiger partial charge in [0.05, 0.1) is 11.1 Å². The highest BCUT2D eigenvalue weighted by atomic mass is 32.1. The Hall–Kier alpha value is -7.00. The molecule has 0 saturated heterocycles. The van der Waals surface area contributed by atoms with Gasteiger partial charge in [-0.3, -0.25) is 0 Å². The molecule has 0 radical (unpaired) electrons. The van der Waals surface area contributed by atoms with E-state index in [1.807, 2.05) is 11.3 Å². The van der Waals surface area contributed by atoms with Crippen LogP contribution in [0.25, 0.3) is 53.6 Å². The molecule has 0 bridgehead atoms. The third-order valence-corrected chi connectivity index (χ3v) is 16.4. The van der Waals surface area contributed by atoms with Crippen LogP contribution in [0.5, 0.6) is 0 Å². The van der Waals surface area contributed by atoms with Gasteiger partial charge in [0.1, 0.15) is 0 Å². The third-order valence-electron chi connectivity index (χ3n) is 15.2. The fourth-order valence-corrected chi connectivity index (χ4v) is 13.3. The maximum Gasteiger partial charge on any atom is 0.0714 e. The van der Waals surface area contributed by atoms with Gasteiger partial charge < -0.3 is 4.90 Å². The van der Waals surface area contributed by atoms with Crippen LogP contribution in [0.3, 0.4) is 0 Å². The normalized spacial score (nSPS) is 14.4. The van der Waals surface area contributed by atoms with Crippen LogP contribution in [0.15, 0.2) is 200 Å². The molecule has 9 aromatic carbocycles. The van der Waals surface area contributed by atoms with E-state index < -0.39 is 5.41 Å². The SMILES string of the molecule is CC(C)(C)c1cc(C(C)(C)C)c2sc3ccc4c(c3c2c1)-c1c(N(c2ccc(-c3ccccc3)cc2)c2cccc(C3(c5ccccc5)c5ccccc5-c5ccccc53)c2)cccc1C4(C)C. The first-order valence-corrected chi connectivity index (χ1v) is 25.1. The van der Waals surface area contributed by atoms with Crippen molar-refractivity contribution < 1.29 is 0 Å². The molecule has 68 heavy (non-hydrogen) atoms. The van der Waals surface area contributed by atoms with Crippen molar-refractivity contribution in [1.29, 1.82) is 0 Å². The Morgan fingerprint density at radius 1 is 0.441 bits per heavy atom. The van der Waals surface area contributed by atoms with E-state index in [1.165, 1.54) is 104 Å². The summed E-state index contributed by atoms with van der Waals surface area (Å²) in [7, 11) is 0. The van der Waals surface area contributed by atoms with E-state index in [0.29, 0.717) is 0 Å². The summed E-state index contributed by atoms with van der Waals surface area (Å²) in [4.78, 5) is 2.56. The van der Waals surface area contributed by atoms with Crippen LogP contribution in [0.4, 0.5) is 17.1 Å². The fraction of sp³-hybridized carbons (Fsp3) is 0.182. The molecule has 0 unspecified atom stereocenters. The first-order chi connectivity index (χ1) is 32.8. The maximum atomic E-state index is 2.56. The van der Waals surface area contributed by atoms with E-state index in [2.05, 4.69) is 260 Å². The molecule has 1 aromatic heterocycles. The molecule has 0 N–H and O–H groups in total. The summed E-state index contributed by atoms with van der Waals surface area (Å²) in [6.07, 6.45) is 0. The van der Waals surface area contributed by atoms with E-state index in [0.717, 1.165) is 11.4 Å². The van der Waals surface area contributed by atoms with Crippen LogP contribution < -0.4 is 4.90 Å². The second-order valence-electron chi connectivity index (χ2n) is 21.7. The standard InChI is InChI=1S/C66H57NS/c1-63(2,3)46-40-51-59-58(68-62(51)56(41-46)64(4,5)6)38-37-55-61(59)60-54(65(55,7)8)31-20-32-57(60)67(47-35-33-43(34-36-47)42-21-11-9-12-22-42)48-26-19-25-45(39-48)66(44-23-13-10-14-24-44)52-29-17-15-27-49(52)50-28-16-18-30-53(50)66/h9-41H,1-8H3. The summed E-state index contributed by atoms with van der Waals surface area (Å²) >= 11 is 1.97. The molecule has 12 rings (SSSR count). The lowest BCUT2D eigenvalue weighted by Gasteiger charge is -2.35. The molecule has 0 aliphatic heterocycles. The van der Waals surface area contributed by atoms with Gasteiger partial charge in [-0.25, -0.2) is 0 Å². The van der Waals surface area contributed by atoms with Gasteiger partial charge in [-0.05, 0) is 126 Å². The quantitative estimate of drug-likeness (QED) is 0.161. The lowest BCUT2D eigenvalue weighted by atomic mass is 9.67. The molecule has 1 heterocycles. The molecule has 2 aliphatic carbocycles. The van der Waals surface area contributed by atoms with Crippen LogP contribution >= 0.6 is 11.3 Å². The monoisotopic (exact) mass is 895 g/mol. The van der Waals surface area contributed by atoms with Crippen LogP contribution in [-0.4, -0.2) is 0 Å². The van der Waals surface area contributed by atoms with Crippen LogP contribution in [0, 0.1) is 0 Å². The minimum Gasteiger partial charge on any atom is -0.310 e. The number of nitrogens with zero attached hydrogens (tertiary/aromatic N) is 1. The van der Waals surface area contributed by atoms with Gasteiger partial charge in [0.15, 0.2) is 0 Å². The van der Waals surface area contributed by atoms with Crippen LogP contribution in [0.2, 0.25) is 0 Å². The largest absolute Gasteiger partial charge is 0.310 e. The topological polar surface area (TPSA) is 3.24 Å². The molecule has 2 heteroatoms. The van der Waals surface area contributed by atoms with E-state index in [9.17, 15) is 0 Å². The Morgan fingerprint density at radius 3 is 1.68 bits per heavy atom. The number of hydrogen-bond donors (Lipinski definition) is 0. The molecule has 0 atom stereocenters. The number of benzene rings is 9. The van der Waals surface area contributed by atoms with E-state index in [-0.39, 0.29) is 16.2 Å². The minimum absolute atomic E-state index is 0.00602. The minimum atomic E-state index is -0.530. The predicted molar refractivity (Wildman–Crippen MR) is 292 cm³/mol. The Kier molecular flexibility index (Phi) is 9.50. The van der Waals surface area contributed by atoms with Gasteiger partial charge in [-0.15, -0.1) is 11.3 Å². The molecule has 1 nitrogen and oxygen atoms in total. The Labute approximate surface area is 406 Å². The highest BCUT2D eigenvalue weighted by Gasteiger charge is 2.46. The van der Waals surface area contributed by atoms with Crippen molar-refractivity contribution in [2.45, 2.75) is 77.0 Å². The number of anilines is 3. The summed E-state index contributed by atoms with van der Waals surface area (Å²) < 4.78 is 2.75. The zero-order valence-corrected chi connectivity index (χ0v) is 41.2. The van der Waals surface area contributed by atoms with Crippen molar-refractivity contribution in [3.05, 3.63) is 245 Å². The van der Waals surface area contributed by atoms with Gasteiger partial charge in [0.25, 0.3) is 0 Å².